The summed E-state index contributed by atoms with van der Waals surface area (Å²) in [4.78, 5) is 26.5. The van der Waals surface area contributed by atoms with Gasteiger partial charge in [0.15, 0.2) is 5.78 Å². The number of carbonyl (C=O) groups excluding carboxylic acids is 2. The second-order valence-electron chi connectivity index (χ2n) is 6.43. The number of benzene rings is 1. The van der Waals surface area contributed by atoms with Crippen LogP contribution in [0.4, 0.5) is 10.1 Å². The van der Waals surface area contributed by atoms with Crippen LogP contribution in [0.5, 0.6) is 0 Å². The zero-order valence-electron chi connectivity index (χ0n) is 13.4. The van der Waals surface area contributed by atoms with E-state index in [1.807, 2.05) is 0 Å². The van der Waals surface area contributed by atoms with Crippen LogP contribution in [0, 0.1) is 11.7 Å². The maximum atomic E-state index is 14.5. The van der Waals surface area contributed by atoms with E-state index in [1.165, 1.54) is 24.0 Å². The number of nitrogens with zero attached hydrogens (tertiary/aromatic N) is 1. The highest BCUT2D eigenvalue weighted by Crippen LogP contribution is 2.42. The fraction of sp³-hybridized carbons (Fsp3) is 0.444. The Hall–Kier alpha value is -1.33. The summed E-state index contributed by atoms with van der Waals surface area (Å²) in [7, 11) is 0. The Morgan fingerprint density at radius 1 is 1.29 bits per heavy atom. The molecule has 1 aliphatic heterocycles. The number of halogens is 2. The Morgan fingerprint density at radius 3 is 2.54 bits per heavy atom. The minimum absolute atomic E-state index is 0.132. The lowest BCUT2D eigenvalue weighted by atomic mass is 9.80. The Bertz CT molecular complexity index is 728. The molecule has 1 unspecified atom stereocenters. The minimum Gasteiger partial charge on any atom is -0.297 e. The lowest BCUT2D eigenvalue weighted by Crippen LogP contribution is -2.43. The molecule has 1 aromatic rings. The second kappa shape index (κ2) is 6.89. The normalized spacial score (nSPS) is 22.4. The highest BCUT2D eigenvalue weighted by atomic mass is 35.5. The van der Waals surface area contributed by atoms with Crippen molar-refractivity contribution >= 4 is 41.6 Å². The molecule has 24 heavy (non-hydrogen) atoms. The van der Waals surface area contributed by atoms with Crippen LogP contribution in [-0.4, -0.2) is 17.7 Å². The molecule has 1 aliphatic carbocycles. The van der Waals surface area contributed by atoms with Gasteiger partial charge in [0.2, 0.25) is 0 Å². The number of amides is 1. The van der Waals surface area contributed by atoms with E-state index in [-0.39, 0.29) is 27.3 Å². The lowest BCUT2D eigenvalue weighted by molar-refractivity contribution is -0.115. The summed E-state index contributed by atoms with van der Waals surface area (Å²) in [6.07, 6.45) is 5.10. The van der Waals surface area contributed by atoms with Crippen LogP contribution in [0.25, 0.3) is 0 Å². The van der Waals surface area contributed by atoms with Gasteiger partial charge in [-0.05, 0) is 43.9 Å². The van der Waals surface area contributed by atoms with Gasteiger partial charge >= 0.3 is 0 Å². The number of hydrogen-bond acceptors (Lipinski definition) is 3. The van der Waals surface area contributed by atoms with Crippen LogP contribution in [0.15, 0.2) is 28.7 Å². The first-order valence-corrected chi connectivity index (χ1v) is 8.97. The molecule has 2 aliphatic rings. The van der Waals surface area contributed by atoms with Gasteiger partial charge in [-0.15, -0.1) is 12.6 Å². The third-order valence-corrected chi connectivity index (χ3v) is 5.56. The Kier molecular flexibility index (Phi) is 5.02. The van der Waals surface area contributed by atoms with Crippen LogP contribution >= 0.6 is 24.2 Å². The van der Waals surface area contributed by atoms with Crippen LogP contribution < -0.4 is 4.90 Å². The first-order valence-electron chi connectivity index (χ1n) is 8.14. The molecule has 0 radical (unpaired) electrons. The average molecular weight is 368 g/mol. The molecular weight excluding hydrogens is 349 g/mol. The summed E-state index contributed by atoms with van der Waals surface area (Å²) < 4.78 is 14.5. The van der Waals surface area contributed by atoms with E-state index in [1.54, 1.807) is 6.07 Å². The largest absolute Gasteiger partial charge is 0.297 e. The van der Waals surface area contributed by atoms with E-state index in [2.05, 4.69) is 12.6 Å². The number of carbonyl (C=O) groups is 2. The van der Waals surface area contributed by atoms with Crippen molar-refractivity contribution in [2.45, 2.75) is 45.1 Å². The summed E-state index contributed by atoms with van der Waals surface area (Å²) in [6, 6.07) is 3.79. The van der Waals surface area contributed by atoms with Crippen LogP contribution in [0.1, 0.15) is 39.0 Å². The lowest BCUT2D eigenvalue weighted by Gasteiger charge is -2.35. The summed E-state index contributed by atoms with van der Waals surface area (Å²) in [5, 5.41) is 0.267. The summed E-state index contributed by atoms with van der Waals surface area (Å²) in [5.41, 5.74) is 0.562. The van der Waals surface area contributed by atoms with Gasteiger partial charge in [-0.2, -0.15) is 0 Å². The van der Waals surface area contributed by atoms with Gasteiger partial charge in [0, 0.05) is 10.6 Å². The average Bonchev–Trinajstić information content (AvgIpc) is 2.81. The molecule has 128 valence electrons. The molecule has 1 aromatic carbocycles. The molecule has 6 heteroatoms. The molecule has 0 spiro atoms. The van der Waals surface area contributed by atoms with Gasteiger partial charge in [0.1, 0.15) is 5.82 Å². The summed E-state index contributed by atoms with van der Waals surface area (Å²) in [6.45, 7) is 1.44. The van der Waals surface area contributed by atoms with Crippen LogP contribution in [0.3, 0.4) is 0 Å². The van der Waals surface area contributed by atoms with Crippen molar-refractivity contribution in [3.05, 3.63) is 39.5 Å². The fourth-order valence-corrected chi connectivity index (χ4v) is 4.39. The standard InChI is InChI=1S/C18H19ClFNO2S/c1-10(22)15-16(11-5-3-2-4-6-11)21(18(23)17(15)24)14-8-7-12(19)9-13(14)20/h7-9,11,16,24H,2-6H2,1H3. The third kappa shape index (κ3) is 3.00. The van der Waals surface area contributed by atoms with E-state index in [4.69, 9.17) is 11.6 Å². The third-order valence-electron chi connectivity index (χ3n) is 4.90. The molecule has 3 nitrogen and oxygen atoms in total. The van der Waals surface area contributed by atoms with Crippen molar-refractivity contribution in [2.75, 3.05) is 4.90 Å². The van der Waals surface area contributed by atoms with E-state index < -0.39 is 17.8 Å². The van der Waals surface area contributed by atoms with Crippen molar-refractivity contribution in [3.8, 4) is 0 Å². The number of Topliss-reactive ketones (excluding diaryl/α,β-unsaturated/α-hetero) is 1. The number of hydrogen-bond donors (Lipinski definition) is 1. The predicted octanol–water partition coefficient (Wildman–Crippen LogP) is 4.55. The molecule has 0 bridgehead atoms. The maximum absolute atomic E-state index is 14.5. The van der Waals surface area contributed by atoms with E-state index >= 15 is 0 Å². The highest BCUT2D eigenvalue weighted by molar-refractivity contribution is 7.85. The van der Waals surface area contributed by atoms with E-state index in [9.17, 15) is 14.0 Å². The summed E-state index contributed by atoms with van der Waals surface area (Å²) in [5.74, 6) is -1.02. The van der Waals surface area contributed by atoms with Crippen molar-refractivity contribution < 1.29 is 14.0 Å². The van der Waals surface area contributed by atoms with Crippen LogP contribution in [-0.2, 0) is 9.59 Å². The topological polar surface area (TPSA) is 37.4 Å². The molecule has 1 atom stereocenters. The molecule has 0 N–H and O–H groups in total. The Labute approximate surface area is 151 Å². The molecule has 0 saturated heterocycles. The van der Waals surface area contributed by atoms with Crippen molar-refractivity contribution in [1.29, 1.82) is 0 Å². The van der Waals surface area contributed by atoms with Crippen LogP contribution in [0.2, 0.25) is 5.02 Å². The fourth-order valence-electron chi connectivity index (χ4n) is 3.83. The first-order chi connectivity index (χ1) is 11.4. The predicted molar refractivity (Wildman–Crippen MR) is 96.0 cm³/mol. The number of thiol groups is 1. The first kappa shape index (κ1) is 17.5. The number of rotatable bonds is 3. The van der Waals surface area contributed by atoms with Gasteiger partial charge in [-0.25, -0.2) is 4.39 Å². The molecule has 1 fully saturated rings. The van der Waals surface area contributed by atoms with Crippen molar-refractivity contribution in [1.82, 2.24) is 0 Å². The SMILES string of the molecule is CC(=O)C1=C(S)C(=O)N(c2ccc(Cl)cc2F)C1C1CCCCC1. The number of anilines is 1. The smallest absolute Gasteiger partial charge is 0.265 e. The van der Waals surface area contributed by atoms with Crippen molar-refractivity contribution in [2.24, 2.45) is 5.92 Å². The molecule has 3 rings (SSSR count). The number of ketones is 1. The Morgan fingerprint density at radius 2 is 1.96 bits per heavy atom. The molecule has 1 amide bonds. The van der Waals surface area contributed by atoms with Crippen molar-refractivity contribution in [3.63, 3.8) is 0 Å². The van der Waals surface area contributed by atoms with Gasteiger partial charge in [0.25, 0.3) is 5.91 Å². The minimum atomic E-state index is -0.567. The zero-order chi connectivity index (χ0) is 17.4. The molecule has 0 aromatic heterocycles. The second-order valence-corrected chi connectivity index (χ2v) is 7.32. The molecule has 1 saturated carbocycles. The van der Waals surface area contributed by atoms with Gasteiger partial charge in [-0.1, -0.05) is 30.9 Å². The van der Waals surface area contributed by atoms with Gasteiger partial charge in [-0.3, -0.25) is 14.5 Å². The monoisotopic (exact) mass is 367 g/mol. The molecule has 1 heterocycles. The summed E-state index contributed by atoms with van der Waals surface area (Å²) >= 11 is 10.1. The van der Waals surface area contributed by atoms with Gasteiger partial charge < -0.3 is 0 Å². The quantitative estimate of drug-likeness (QED) is 0.796. The van der Waals surface area contributed by atoms with E-state index in [0.29, 0.717) is 5.57 Å². The van der Waals surface area contributed by atoms with Gasteiger partial charge in [0.05, 0.1) is 16.6 Å². The highest BCUT2D eigenvalue weighted by Gasteiger charge is 2.45. The maximum Gasteiger partial charge on any atom is 0.265 e. The van der Waals surface area contributed by atoms with E-state index in [0.717, 1.165) is 32.1 Å². The Balaban J connectivity index is 2.09. The molecular formula is C18H19ClFNO2S. The zero-order valence-corrected chi connectivity index (χ0v) is 15.0.